The van der Waals surface area contributed by atoms with E-state index in [-0.39, 0.29) is 19.3 Å². The van der Waals surface area contributed by atoms with Crippen LogP contribution in [0.25, 0.3) is 0 Å². The van der Waals surface area contributed by atoms with Crippen molar-refractivity contribution in [3.8, 4) is 11.5 Å². The van der Waals surface area contributed by atoms with Crippen molar-refractivity contribution in [2.75, 3.05) is 19.8 Å². The molecule has 1 aromatic rings. The highest BCUT2D eigenvalue weighted by atomic mass is 35.5. The molecular weight excluding hydrogens is 308 g/mol. The molecule has 6 nitrogen and oxygen atoms in total. The second-order valence-electron chi connectivity index (χ2n) is 4.75. The summed E-state index contributed by atoms with van der Waals surface area (Å²) in [4.78, 5) is 10.8. The number of hydrogen-bond donors (Lipinski definition) is 3. The lowest BCUT2D eigenvalue weighted by Gasteiger charge is -2.17. The van der Waals surface area contributed by atoms with Gasteiger partial charge in [-0.15, -0.1) is 0 Å². The molecule has 0 heterocycles. The third-order valence-corrected chi connectivity index (χ3v) is 3.43. The zero-order valence-electron chi connectivity index (χ0n) is 12.9. The number of primary amides is 1. The van der Waals surface area contributed by atoms with E-state index in [1.165, 1.54) is 0 Å². The van der Waals surface area contributed by atoms with Crippen LogP contribution in [0.5, 0.6) is 11.5 Å². The molecule has 22 heavy (non-hydrogen) atoms. The van der Waals surface area contributed by atoms with E-state index < -0.39 is 5.91 Å². The van der Waals surface area contributed by atoms with E-state index in [1.54, 1.807) is 12.1 Å². The van der Waals surface area contributed by atoms with Crippen LogP contribution in [0.2, 0.25) is 5.02 Å². The molecule has 1 aromatic carbocycles. The average Bonchev–Trinajstić information content (AvgIpc) is 2.49. The van der Waals surface area contributed by atoms with Gasteiger partial charge in [0, 0.05) is 23.7 Å². The summed E-state index contributed by atoms with van der Waals surface area (Å²) in [7, 11) is 0. The largest absolute Gasteiger partial charge is 0.490 e. The number of aliphatic hydroxyl groups excluding tert-OH is 1. The first-order valence-corrected chi connectivity index (χ1v) is 7.60. The number of carbonyl (C=O) groups excluding carboxylic acids is 1. The normalized spacial score (nSPS) is 12.0. The maximum Gasteiger partial charge on any atom is 0.255 e. The van der Waals surface area contributed by atoms with E-state index in [2.05, 4.69) is 5.32 Å². The standard InChI is InChI=1S/C15H23ClN2O4/c1-3-11(8-19)18-7-10-5-13(21-4-2)14(6-12(10)16)22-9-15(17)20/h5-6,11,18-19H,3-4,7-9H2,1-2H3,(H2,17,20)/t11-/m0/s1. The first kappa shape index (κ1) is 18.5. The fourth-order valence-corrected chi connectivity index (χ4v) is 2.06. The summed E-state index contributed by atoms with van der Waals surface area (Å²) in [6, 6.07) is 3.38. The smallest absolute Gasteiger partial charge is 0.255 e. The van der Waals surface area contributed by atoms with Crippen LogP contribution >= 0.6 is 11.6 Å². The van der Waals surface area contributed by atoms with Gasteiger partial charge in [0.1, 0.15) is 0 Å². The zero-order valence-corrected chi connectivity index (χ0v) is 13.7. The number of ether oxygens (including phenoxy) is 2. The lowest BCUT2D eigenvalue weighted by atomic mass is 10.1. The van der Waals surface area contributed by atoms with Crippen molar-refractivity contribution in [2.45, 2.75) is 32.9 Å². The molecule has 0 saturated carbocycles. The predicted octanol–water partition coefficient (Wildman–Crippen LogP) is 1.46. The van der Waals surface area contributed by atoms with E-state index >= 15 is 0 Å². The first-order chi connectivity index (χ1) is 10.5. The zero-order chi connectivity index (χ0) is 16.5. The molecule has 7 heteroatoms. The third-order valence-electron chi connectivity index (χ3n) is 3.08. The summed E-state index contributed by atoms with van der Waals surface area (Å²) < 4.78 is 10.8. The molecule has 0 saturated heterocycles. The molecule has 1 atom stereocenters. The molecule has 0 aliphatic heterocycles. The van der Waals surface area contributed by atoms with Crippen LogP contribution in [-0.4, -0.2) is 36.9 Å². The van der Waals surface area contributed by atoms with Crippen molar-refractivity contribution in [1.29, 1.82) is 0 Å². The number of nitrogens with two attached hydrogens (primary N) is 1. The molecule has 124 valence electrons. The van der Waals surface area contributed by atoms with Crippen LogP contribution in [0.15, 0.2) is 12.1 Å². The molecule has 1 amide bonds. The Kier molecular flexibility index (Phi) is 8.01. The number of hydrogen-bond acceptors (Lipinski definition) is 5. The molecule has 0 aromatic heterocycles. The van der Waals surface area contributed by atoms with Crippen molar-refractivity contribution in [3.05, 3.63) is 22.7 Å². The van der Waals surface area contributed by atoms with Crippen molar-refractivity contribution in [3.63, 3.8) is 0 Å². The van der Waals surface area contributed by atoms with Gasteiger partial charge in [-0.1, -0.05) is 18.5 Å². The Morgan fingerprint density at radius 1 is 1.36 bits per heavy atom. The number of rotatable bonds is 10. The molecular formula is C15H23ClN2O4. The highest BCUT2D eigenvalue weighted by Gasteiger charge is 2.13. The average molecular weight is 331 g/mol. The summed E-state index contributed by atoms with van der Waals surface area (Å²) >= 11 is 6.23. The van der Waals surface area contributed by atoms with Gasteiger partial charge in [-0.25, -0.2) is 0 Å². The van der Waals surface area contributed by atoms with Gasteiger partial charge < -0.3 is 25.6 Å². The summed E-state index contributed by atoms with van der Waals surface area (Å²) in [6.45, 7) is 4.61. The van der Waals surface area contributed by atoms with E-state index in [4.69, 9.17) is 26.8 Å². The van der Waals surface area contributed by atoms with E-state index in [1.807, 2.05) is 13.8 Å². The lowest BCUT2D eigenvalue weighted by Crippen LogP contribution is -2.31. The Morgan fingerprint density at radius 2 is 2.05 bits per heavy atom. The Balaban J connectivity index is 2.90. The second-order valence-corrected chi connectivity index (χ2v) is 5.15. The van der Waals surface area contributed by atoms with Crippen LogP contribution in [-0.2, 0) is 11.3 Å². The minimum Gasteiger partial charge on any atom is -0.490 e. The number of nitrogens with one attached hydrogen (secondary N) is 1. The number of aliphatic hydroxyl groups is 1. The van der Waals surface area contributed by atoms with Crippen LogP contribution in [0.1, 0.15) is 25.8 Å². The van der Waals surface area contributed by atoms with E-state index in [9.17, 15) is 9.90 Å². The molecule has 0 bridgehead atoms. The highest BCUT2D eigenvalue weighted by molar-refractivity contribution is 6.31. The molecule has 0 aliphatic rings. The van der Waals surface area contributed by atoms with Gasteiger partial charge in [-0.3, -0.25) is 4.79 Å². The van der Waals surface area contributed by atoms with Crippen LogP contribution in [0.4, 0.5) is 0 Å². The molecule has 4 N–H and O–H groups in total. The summed E-state index contributed by atoms with van der Waals surface area (Å²) in [5.74, 6) is 0.309. The maximum atomic E-state index is 10.8. The van der Waals surface area contributed by atoms with Crippen LogP contribution in [0, 0.1) is 0 Å². The monoisotopic (exact) mass is 330 g/mol. The fourth-order valence-electron chi connectivity index (χ4n) is 1.83. The Bertz CT molecular complexity index is 493. The molecule has 0 unspecified atom stereocenters. The molecule has 0 aliphatic carbocycles. The van der Waals surface area contributed by atoms with E-state index in [0.29, 0.717) is 29.7 Å². The predicted molar refractivity (Wildman–Crippen MR) is 85.3 cm³/mol. The first-order valence-electron chi connectivity index (χ1n) is 7.22. The number of benzene rings is 1. The summed E-state index contributed by atoms with van der Waals surface area (Å²) in [5.41, 5.74) is 5.90. The van der Waals surface area contributed by atoms with Crippen molar-refractivity contribution in [2.24, 2.45) is 5.73 Å². The summed E-state index contributed by atoms with van der Waals surface area (Å²) in [6.07, 6.45) is 0.812. The van der Waals surface area contributed by atoms with Crippen LogP contribution < -0.4 is 20.5 Å². The quantitative estimate of drug-likeness (QED) is 0.604. The van der Waals surface area contributed by atoms with Gasteiger partial charge in [0.25, 0.3) is 5.91 Å². The number of carbonyl (C=O) groups is 1. The molecule has 0 radical (unpaired) electrons. The Hall–Kier alpha value is -1.50. The lowest BCUT2D eigenvalue weighted by molar-refractivity contribution is -0.119. The van der Waals surface area contributed by atoms with Gasteiger partial charge in [0.15, 0.2) is 18.1 Å². The van der Waals surface area contributed by atoms with Crippen molar-refractivity contribution < 1.29 is 19.4 Å². The van der Waals surface area contributed by atoms with Gasteiger partial charge in [0.05, 0.1) is 13.2 Å². The third kappa shape index (κ3) is 5.71. The van der Waals surface area contributed by atoms with Crippen molar-refractivity contribution in [1.82, 2.24) is 5.32 Å². The molecule has 1 rings (SSSR count). The Labute approximate surface area is 135 Å². The highest BCUT2D eigenvalue weighted by Crippen LogP contribution is 2.33. The second kappa shape index (κ2) is 9.50. The van der Waals surface area contributed by atoms with Crippen molar-refractivity contribution >= 4 is 17.5 Å². The van der Waals surface area contributed by atoms with Gasteiger partial charge >= 0.3 is 0 Å². The number of amides is 1. The maximum absolute atomic E-state index is 10.8. The molecule has 0 fully saturated rings. The fraction of sp³-hybridized carbons (Fsp3) is 0.533. The SMILES string of the molecule is CCOc1cc(CN[C@@H](CC)CO)c(Cl)cc1OCC(N)=O. The van der Waals surface area contributed by atoms with Gasteiger partial charge in [0.2, 0.25) is 0 Å². The molecule has 0 spiro atoms. The minimum absolute atomic E-state index is 0.0115. The summed E-state index contributed by atoms with van der Waals surface area (Å²) in [5, 5.41) is 12.9. The number of halogens is 1. The topological polar surface area (TPSA) is 93.8 Å². The minimum atomic E-state index is -0.571. The Morgan fingerprint density at radius 3 is 2.59 bits per heavy atom. The van der Waals surface area contributed by atoms with E-state index in [0.717, 1.165) is 12.0 Å². The van der Waals surface area contributed by atoms with Crippen LogP contribution in [0.3, 0.4) is 0 Å². The van der Waals surface area contributed by atoms with Gasteiger partial charge in [-0.05, 0) is 25.0 Å². The van der Waals surface area contributed by atoms with Gasteiger partial charge in [-0.2, -0.15) is 0 Å².